The molecule has 3 rings (SSSR count). The van der Waals surface area contributed by atoms with Crippen LogP contribution < -0.4 is 10.1 Å². The fourth-order valence-corrected chi connectivity index (χ4v) is 3.16. The number of hydrogen-bond donors (Lipinski definition) is 2. The lowest BCUT2D eigenvalue weighted by molar-refractivity contribution is -0.115. The number of aromatic amines is 1. The molecule has 2 N–H and O–H groups in total. The summed E-state index contributed by atoms with van der Waals surface area (Å²) in [4.78, 5) is 16.0. The molecule has 25 heavy (non-hydrogen) atoms. The number of methoxy groups -OCH3 is 1. The Balaban J connectivity index is 1.88. The zero-order valence-corrected chi connectivity index (χ0v) is 15.5. The number of anilines is 1. The Morgan fingerprint density at radius 3 is 2.68 bits per heavy atom. The van der Waals surface area contributed by atoms with E-state index in [0.717, 1.165) is 27.7 Å². The lowest BCUT2D eigenvalue weighted by atomic mass is 10.1. The number of benzene rings is 2. The summed E-state index contributed by atoms with van der Waals surface area (Å²) in [5, 5.41) is 4.64. The van der Waals surface area contributed by atoms with Crippen LogP contribution in [0.5, 0.6) is 5.75 Å². The lowest BCUT2D eigenvalue weighted by Gasteiger charge is -2.12. The quantitative estimate of drug-likeness (QED) is 0.695. The van der Waals surface area contributed by atoms with Gasteiger partial charge in [0.15, 0.2) is 0 Å². The molecule has 0 atom stereocenters. The highest BCUT2D eigenvalue weighted by Gasteiger charge is 2.15. The number of aryl methyl sites for hydroxylation is 3. The molecule has 3 aromatic rings. The van der Waals surface area contributed by atoms with E-state index in [2.05, 4.69) is 22.4 Å². The van der Waals surface area contributed by atoms with Crippen molar-refractivity contribution in [2.24, 2.45) is 0 Å². The van der Waals surface area contributed by atoms with Crippen molar-refractivity contribution < 1.29 is 9.53 Å². The maximum Gasteiger partial charge on any atom is 0.228 e. The van der Waals surface area contributed by atoms with Gasteiger partial charge in [-0.2, -0.15) is 0 Å². The van der Waals surface area contributed by atoms with E-state index >= 15 is 0 Å². The maximum absolute atomic E-state index is 12.6. The molecule has 1 aromatic heterocycles. The van der Waals surface area contributed by atoms with Crippen LogP contribution in [0.25, 0.3) is 10.9 Å². The Bertz CT molecular complexity index is 960. The highest BCUT2D eigenvalue weighted by molar-refractivity contribution is 6.31. The Kier molecular flexibility index (Phi) is 4.73. The first-order valence-corrected chi connectivity index (χ1v) is 8.48. The van der Waals surface area contributed by atoms with Crippen molar-refractivity contribution in [1.82, 2.24) is 4.98 Å². The van der Waals surface area contributed by atoms with Gasteiger partial charge >= 0.3 is 0 Å². The molecule has 0 saturated carbocycles. The van der Waals surface area contributed by atoms with E-state index in [9.17, 15) is 4.79 Å². The maximum atomic E-state index is 12.6. The van der Waals surface area contributed by atoms with Crippen molar-refractivity contribution in [2.75, 3.05) is 12.4 Å². The number of H-pyrrole nitrogens is 1. The van der Waals surface area contributed by atoms with Crippen LogP contribution in [0.4, 0.5) is 5.69 Å². The summed E-state index contributed by atoms with van der Waals surface area (Å²) in [6.45, 7) is 5.93. The van der Waals surface area contributed by atoms with E-state index in [1.54, 1.807) is 13.2 Å². The van der Waals surface area contributed by atoms with Gasteiger partial charge in [0.05, 0.1) is 19.2 Å². The third-order valence-electron chi connectivity index (χ3n) is 4.37. The number of carbonyl (C=O) groups excluding carboxylic acids is 1. The van der Waals surface area contributed by atoms with Crippen LogP contribution in [-0.2, 0) is 11.2 Å². The summed E-state index contributed by atoms with van der Waals surface area (Å²) in [5.74, 6) is 0.459. The average molecular weight is 357 g/mol. The molecule has 0 unspecified atom stereocenters. The molecule has 1 amide bonds. The van der Waals surface area contributed by atoms with Gasteiger partial charge < -0.3 is 15.0 Å². The molecule has 5 heteroatoms. The van der Waals surface area contributed by atoms with Gasteiger partial charge in [0, 0.05) is 27.7 Å². The molecule has 4 nitrogen and oxygen atoms in total. The molecule has 0 spiro atoms. The lowest BCUT2D eigenvalue weighted by Crippen LogP contribution is -2.15. The molecule has 0 saturated heterocycles. The minimum absolute atomic E-state index is 0.0921. The van der Waals surface area contributed by atoms with E-state index in [1.807, 2.05) is 32.9 Å². The summed E-state index contributed by atoms with van der Waals surface area (Å²) in [6.07, 6.45) is 0.292. The van der Waals surface area contributed by atoms with Crippen LogP contribution in [0, 0.1) is 20.8 Å². The minimum atomic E-state index is -0.0921. The van der Waals surface area contributed by atoms with Crippen molar-refractivity contribution >= 4 is 34.1 Å². The number of carbonyl (C=O) groups is 1. The van der Waals surface area contributed by atoms with Crippen LogP contribution in [0.1, 0.15) is 22.4 Å². The largest absolute Gasteiger partial charge is 0.495 e. The van der Waals surface area contributed by atoms with Gasteiger partial charge in [-0.15, -0.1) is 0 Å². The molecule has 0 aliphatic heterocycles. The fraction of sp³-hybridized carbons (Fsp3) is 0.250. The van der Waals surface area contributed by atoms with E-state index in [4.69, 9.17) is 16.3 Å². The van der Waals surface area contributed by atoms with Gasteiger partial charge in [0.1, 0.15) is 5.75 Å². The SMILES string of the molecule is COc1cc(Cl)c(C)cc1NC(=O)Cc1c(C)[nH]c2ccc(C)cc12. The zero-order valence-electron chi connectivity index (χ0n) is 14.8. The number of nitrogens with one attached hydrogen (secondary N) is 2. The monoisotopic (exact) mass is 356 g/mol. The van der Waals surface area contributed by atoms with Gasteiger partial charge in [-0.05, 0) is 50.1 Å². The molecular formula is C20H21ClN2O2. The molecule has 1 heterocycles. The Morgan fingerprint density at radius 1 is 1.20 bits per heavy atom. The number of amides is 1. The van der Waals surface area contributed by atoms with Crippen molar-refractivity contribution in [3.05, 3.63) is 57.7 Å². The first-order chi connectivity index (χ1) is 11.9. The molecule has 2 aromatic carbocycles. The normalized spacial score (nSPS) is 10.9. The van der Waals surface area contributed by atoms with Crippen molar-refractivity contribution in [1.29, 1.82) is 0 Å². The summed E-state index contributed by atoms with van der Waals surface area (Å²) in [5.41, 5.74) is 5.75. The summed E-state index contributed by atoms with van der Waals surface area (Å²) < 4.78 is 5.32. The van der Waals surface area contributed by atoms with E-state index < -0.39 is 0 Å². The zero-order chi connectivity index (χ0) is 18.1. The molecule has 130 valence electrons. The van der Waals surface area contributed by atoms with Gasteiger partial charge in [-0.3, -0.25) is 4.79 Å². The number of aromatic nitrogens is 1. The number of hydrogen-bond acceptors (Lipinski definition) is 2. The molecule has 0 radical (unpaired) electrons. The van der Waals surface area contributed by atoms with Crippen LogP contribution >= 0.6 is 11.6 Å². The molecular weight excluding hydrogens is 336 g/mol. The van der Waals surface area contributed by atoms with Crippen molar-refractivity contribution in [3.63, 3.8) is 0 Å². The number of halogens is 1. The third kappa shape index (κ3) is 3.49. The van der Waals surface area contributed by atoms with E-state index in [0.29, 0.717) is 22.9 Å². The Morgan fingerprint density at radius 2 is 1.96 bits per heavy atom. The van der Waals surface area contributed by atoms with Crippen LogP contribution in [-0.4, -0.2) is 18.0 Å². The second kappa shape index (κ2) is 6.81. The van der Waals surface area contributed by atoms with Gasteiger partial charge in [-0.25, -0.2) is 0 Å². The highest BCUT2D eigenvalue weighted by Crippen LogP contribution is 2.31. The molecule has 0 bridgehead atoms. The number of fused-ring (bicyclic) bond motifs is 1. The third-order valence-corrected chi connectivity index (χ3v) is 4.77. The van der Waals surface area contributed by atoms with Crippen molar-refractivity contribution in [2.45, 2.75) is 27.2 Å². The minimum Gasteiger partial charge on any atom is -0.495 e. The molecule has 0 aliphatic rings. The first-order valence-electron chi connectivity index (χ1n) is 8.11. The molecule has 0 aliphatic carbocycles. The van der Waals surface area contributed by atoms with E-state index in [1.165, 1.54) is 5.56 Å². The van der Waals surface area contributed by atoms with Crippen molar-refractivity contribution in [3.8, 4) is 5.75 Å². The van der Waals surface area contributed by atoms with Crippen LogP contribution in [0.15, 0.2) is 30.3 Å². The van der Waals surface area contributed by atoms with Gasteiger partial charge in [0.2, 0.25) is 5.91 Å². The predicted octanol–water partition coefficient (Wildman–Crippen LogP) is 4.94. The second-order valence-corrected chi connectivity index (χ2v) is 6.71. The van der Waals surface area contributed by atoms with Gasteiger partial charge in [-0.1, -0.05) is 23.2 Å². The Labute approximate surface area is 152 Å². The summed E-state index contributed by atoms with van der Waals surface area (Å²) in [6, 6.07) is 9.75. The van der Waals surface area contributed by atoms with E-state index in [-0.39, 0.29) is 5.91 Å². The standard InChI is InChI=1S/C20H21ClN2O2/c1-11-5-6-17-15(7-11)14(13(3)22-17)9-20(24)23-18-8-12(2)16(21)10-19(18)25-4/h5-8,10,22H,9H2,1-4H3,(H,23,24). The average Bonchev–Trinajstić information content (AvgIpc) is 2.86. The predicted molar refractivity (Wildman–Crippen MR) is 103 cm³/mol. The summed E-state index contributed by atoms with van der Waals surface area (Å²) >= 11 is 6.12. The number of rotatable bonds is 4. The fourth-order valence-electron chi connectivity index (χ4n) is 3.01. The second-order valence-electron chi connectivity index (χ2n) is 6.30. The Hall–Kier alpha value is -2.46. The van der Waals surface area contributed by atoms with Crippen LogP contribution in [0.2, 0.25) is 5.02 Å². The number of ether oxygens (including phenoxy) is 1. The van der Waals surface area contributed by atoms with Gasteiger partial charge in [0.25, 0.3) is 0 Å². The molecule has 0 fully saturated rings. The highest BCUT2D eigenvalue weighted by atomic mass is 35.5. The smallest absolute Gasteiger partial charge is 0.228 e. The summed E-state index contributed by atoms with van der Waals surface area (Å²) in [7, 11) is 1.56. The topological polar surface area (TPSA) is 54.1 Å². The first kappa shape index (κ1) is 17.4. The van der Waals surface area contributed by atoms with Crippen LogP contribution in [0.3, 0.4) is 0 Å².